The molecule has 0 spiro atoms. The largest absolute Gasteiger partial charge is 0.497 e. The van der Waals surface area contributed by atoms with Crippen molar-refractivity contribution in [3.8, 4) is 17.1 Å². The van der Waals surface area contributed by atoms with E-state index in [1.165, 1.54) is 12.8 Å². The van der Waals surface area contributed by atoms with Crippen molar-refractivity contribution in [1.29, 1.82) is 0 Å². The molecule has 2 heterocycles. The van der Waals surface area contributed by atoms with Crippen LogP contribution in [-0.4, -0.2) is 26.7 Å². The number of unbranched alkanes of at least 4 members (excludes halogenated alkanes) is 2. The van der Waals surface area contributed by atoms with Crippen LogP contribution in [0.3, 0.4) is 0 Å². The molecule has 4 rings (SSSR count). The first-order chi connectivity index (χ1) is 12.8. The van der Waals surface area contributed by atoms with Crippen LogP contribution >= 0.6 is 0 Å². The Balaban J connectivity index is 1.85. The van der Waals surface area contributed by atoms with Crippen LogP contribution in [0, 0.1) is 0 Å². The highest BCUT2D eigenvalue weighted by molar-refractivity contribution is 5.91. The van der Waals surface area contributed by atoms with Gasteiger partial charge in [-0.2, -0.15) is 4.52 Å². The molecule has 0 aliphatic heterocycles. The first-order valence-corrected chi connectivity index (χ1v) is 9.09. The summed E-state index contributed by atoms with van der Waals surface area (Å²) in [6.45, 7) is 2.21. The van der Waals surface area contributed by atoms with E-state index in [4.69, 9.17) is 19.8 Å². The topological polar surface area (TPSA) is 52.3 Å². The van der Waals surface area contributed by atoms with Gasteiger partial charge in [0.25, 0.3) is 0 Å². The predicted octanol–water partition coefficient (Wildman–Crippen LogP) is 4.69. The van der Waals surface area contributed by atoms with Crippen LogP contribution in [0.25, 0.3) is 27.9 Å². The number of aromatic nitrogens is 4. The van der Waals surface area contributed by atoms with Gasteiger partial charge in [-0.3, -0.25) is 0 Å². The average Bonchev–Trinajstić information content (AvgIpc) is 3.14. The second-order valence-corrected chi connectivity index (χ2v) is 6.40. The maximum atomic E-state index is 5.24. The van der Waals surface area contributed by atoms with E-state index < -0.39 is 0 Å². The Morgan fingerprint density at radius 3 is 2.54 bits per heavy atom. The number of ether oxygens (including phenoxy) is 1. The molecule has 0 fully saturated rings. The lowest BCUT2D eigenvalue weighted by molar-refractivity contribution is 0.415. The summed E-state index contributed by atoms with van der Waals surface area (Å²) in [6, 6.07) is 16.0. The Kier molecular flexibility index (Phi) is 4.52. The highest BCUT2D eigenvalue weighted by Crippen LogP contribution is 2.24. The molecule has 0 unspecified atom stereocenters. The lowest BCUT2D eigenvalue weighted by Crippen LogP contribution is -2.03. The molecule has 0 bridgehead atoms. The quantitative estimate of drug-likeness (QED) is 0.475. The molecule has 0 radical (unpaired) electrons. The molecule has 0 saturated carbocycles. The number of aryl methyl sites for hydroxylation is 1. The molecule has 0 atom stereocenters. The molecule has 2 aromatic heterocycles. The number of methoxy groups -OCH3 is 1. The molecule has 5 nitrogen and oxygen atoms in total. The summed E-state index contributed by atoms with van der Waals surface area (Å²) < 4.78 is 7.15. The van der Waals surface area contributed by atoms with Gasteiger partial charge in [-0.05, 0) is 42.8 Å². The Bertz CT molecular complexity index is 1040. The summed E-state index contributed by atoms with van der Waals surface area (Å²) in [6.07, 6.45) is 4.39. The summed E-state index contributed by atoms with van der Waals surface area (Å²) in [5, 5.41) is 5.80. The fourth-order valence-corrected chi connectivity index (χ4v) is 3.17. The molecule has 0 aliphatic rings. The summed E-state index contributed by atoms with van der Waals surface area (Å²) in [7, 11) is 1.67. The number of nitrogens with zero attached hydrogens (tertiary/aromatic N) is 4. The van der Waals surface area contributed by atoms with E-state index in [9.17, 15) is 0 Å². The molecule has 0 amide bonds. The standard InChI is InChI=1S/C21H22N4O/c1-3-4-5-10-19-22-18-9-7-6-8-17(18)21-23-20(24-25(19)21)15-11-13-16(26-2)14-12-15/h6-9,11-14H,3-5,10H2,1-2H3. The number of benzene rings is 2. The number of rotatable bonds is 6. The maximum Gasteiger partial charge on any atom is 0.182 e. The van der Waals surface area contributed by atoms with E-state index in [1.807, 2.05) is 47.0 Å². The van der Waals surface area contributed by atoms with Gasteiger partial charge in [-0.1, -0.05) is 31.9 Å². The van der Waals surface area contributed by atoms with Crippen LogP contribution in [0.15, 0.2) is 48.5 Å². The predicted molar refractivity (Wildman–Crippen MR) is 104 cm³/mol. The zero-order chi connectivity index (χ0) is 17.9. The van der Waals surface area contributed by atoms with Gasteiger partial charge in [-0.15, -0.1) is 5.10 Å². The molecule has 0 N–H and O–H groups in total. The molecule has 132 valence electrons. The summed E-state index contributed by atoms with van der Waals surface area (Å²) in [5.74, 6) is 2.51. The van der Waals surface area contributed by atoms with Crippen molar-refractivity contribution in [2.45, 2.75) is 32.6 Å². The Morgan fingerprint density at radius 1 is 0.962 bits per heavy atom. The van der Waals surface area contributed by atoms with Gasteiger partial charge in [0.2, 0.25) is 0 Å². The van der Waals surface area contributed by atoms with Gasteiger partial charge < -0.3 is 4.74 Å². The molecule has 4 aromatic rings. The van der Waals surface area contributed by atoms with Crippen molar-refractivity contribution in [1.82, 2.24) is 19.6 Å². The number of para-hydroxylation sites is 1. The van der Waals surface area contributed by atoms with Crippen LogP contribution in [0.2, 0.25) is 0 Å². The molecular formula is C21H22N4O. The van der Waals surface area contributed by atoms with E-state index in [2.05, 4.69) is 13.0 Å². The molecule has 2 aromatic carbocycles. The van der Waals surface area contributed by atoms with E-state index in [0.29, 0.717) is 5.82 Å². The first-order valence-electron chi connectivity index (χ1n) is 9.09. The van der Waals surface area contributed by atoms with Gasteiger partial charge in [0.05, 0.1) is 12.6 Å². The summed E-state index contributed by atoms with van der Waals surface area (Å²) in [5.41, 5.74) is 2.81. The van der Waals surface area contributed by atoms with Crippen molar-refractivity contribution in [2.75, 3.05) is 7.11 Å². The Hall–Kier alpha value is -2.95. The van der Waals surface area contributed by atoms with E-state index in [0.717, 1.165) is 46.5 Å². The second kappa shape index (κ2) is 7.12. The lowest BCUT2D eigenvalue weighted by atomic mass is 10.2. The molecular weight excluding hydrogens is 324 g/mol. The van der Waals surface area contributed by atoms with Gasteiger partial charge >= 0.3 is 0 Å². The van der Waals surface area contributed by atoms with Crippen molar-refractivity contribution in [3.63, 3.8) is 0 Å². The maximum absolute atomic E-state index is 5.24. The van der Waals surface area contributed by atoms with Crippen molar-refractivity contribution in [3.05, 3.63) is 54.4 Å². The molecule has 0 saturated heterocycles. The van der Waals surface area contributed by atoms with Gasteiger partial charge in [-0.25, -0.2) is 9.97 Å². The fraction of sp³-hybridized carbons (Fsp3) is 0.286. The third kappa shape index (κ3) is 3.01. The normalized spacial score (nSPS) is 11.3. The van der Waals surface area contributed by atoms with E-state index in [-0.39, 0.29) is 0 Å². The molecule has 26 heavy (non-hydrogen) atoms. The van der Waals surface area contributed by atoms with Crippen LogP contribution < -0.4 is 4.74 Å². The minimum Gasteiger partial charge on any atom is -0.497 e. The van der Waals surface area contributed by atoms with Crippen LogP contribution in [0.4, 0.5) is 0 Å². The van der Waals surface area contributed by atoms with Crippen LogP contribution in [-0.2, 0) is 6.42 Å². The lowest BCUT2D eigenvalue weighted by Gasteiger charge is -2.06. The smallest absolute Gasteiger partial charge is 0.182 e. The minimum atomic E-state index is 0.711. The molecule has 5 heteroatoms. The van der Waals surface area contributed by atoms with Crippen molar-refractivity contribution in [2.24, 2.45) is 0 Å². The van der Waals surface area contributed by atoms with Crippen LogP contribution in [0.1, 0.15) is 32.0 Å². The average molecular weight is 346 g/mol. The Labute approximate surface area is 152 Å². The number of hydrogen-bond acceptors (Lipinski definition) is 4. The SMILES string of the molecule is CCCCCc1nc2ccccc2c2nc(-c3ccc(OC)cc3)nn12. The monoisotopic (exact) mass is 346 g/mol. The van der Waals surface area contributed by atoms with Gasteiger partial charge in [0.15, 0.2) is 11.5 Å². The first kappa shape index (κ1) is 16.5. The zero-order valence-corrected chi connectivity index (χ0v) is 15.1. The van der Waals surface area contributed by atoms with E-state index >= 15 is 0 Å². The second-order valence-electron chi connectivity index (χ2n) is 6.40. The van der Waals surface area contributed by atoms with Crippen LogP contribution in [0.5, 0.6) is 5.75 Å². The minimum absolute atomic E-state index is 0.711. The van der Waals surface area contributed by atoms with Gasteiger partial charge in [0.1, 0.15) is 11.6 Å². The third-order valence-corrected chi connectivity index (χ3v) is 4.60. The zero-order valence-electron chi connectivity index (χ0n) is 15.1. The molecule has 0 aliphatic carbocycles. The fourth-order valence-electron chi connectivity index (χ4n) is 3.17. The Morgan fingerprint density at radius 2 is 1.77 bits per heavy atom. The van der Waals surface area contributed by atoms with Crippen molar-refractivity contribution >= 4 is 16.6 Å². The third-order valence-electron chi connectivity index (χ3n) is 4.60. The van der Waals surface area contributed by atoms with Crippen molar-refractivity contribution < 1.29 is 4.74 Å². The number of hydrogen-bond donors (Lipinski definition) is 0. The number of fused-ring (bicyclic) bond motifs is 3. The summed E-state index contributed by atoms with van der Waals surface area (Å²) >= 11 is 0. The van der Waals surface area contributed by atoms with E-state index in [1.54, 1.807) is 7.11 Å². The summed E-state index contributed by atoms with van der Waals surface area (Å²) in [4.78, 5) is 9.68. The van der Waals surface area contributed by atoms with Gasteiger partial charge in [0, 0.05) is 17.4 Å². The highest BCUT2D eigenvalue weighted by Gasteiger charge is 2.14. The highest BCUT2D eigenvalue weighted by atomic mass is 16.5.